The van der Waals surface area contributed by atoms with E-state index in [0.717, 1.165) is 6.42 Å². The molecule has 112 valence electrons. The summed E-state index contributed by atoms with van der Waals surface area (Å²) in [4.78, 5) is 38.2. The number of hydrogen-bond acceptors (Lipinski definition) is 3. The van der Waals surface area contributed by atoms with Gasteiger partial charge < -0.3 is 5.32 Å². The summed E-state index contributed by atoms with van der Waals surface area (Å²) >= 11 is 0. The fourth-order valence-electron chi connectivity index (χ4n) is 4.06. The molecule has 0 aromatic heterocycles. The van der Waals surface area contributed by atoms with Gasteiger partial charge in [0.1, 0.15) is 0 Å². The number of allylic oxidation sites excluding steroid dienone is 2. The maximum absolute atomic E-state index is 12.7. The van der Waals surface area contributed by atoms with Gasteiger partial charge in [-0.05, 0) is 42.5 Å². The Morgan fingerprint density at radius 2 is 1.59 bits per heavy atom. The SMILES string of the molecule is CNC(=O)c1ccc(N2C(=O)[C@@H]3[C@H](C2=O)[C@H]2C=C[C@H]3C2)cc1. The van der Waals surface area contributed by atoms with Crippen LogP contribution in [0.15, 0.2) is 36.4 Å². The minimum atomic E-state index is -0.193. The van der Waals surface area contributed by atoms with E-state index in [1.54, 1.807) is 31.3 Å². The number of nitrogens with zero attached hydrogens (tertiary/aromatic N) is 1. The lowest BCUT2D eigenvalue weighted by molar-refractivity contribution is -0.123. The summed E-state index contributed by atoms with van der Waals surface area (Å²) < 4.78 is 0. The van der Waals surface area contributed by atoms with Crippen LogP contribution < -0.4 is 10.2 Å². The van der Waals surface area contributed by atoms with Crippen molar-refractivity contribution in [1.29, 1.82) is 0 Å². The van der Waals surface area contributed by atoms with Crippen molar-refractivity contribution in [1.82, 2.24) is 5.32 Å². The number of nitrogens with one attached hydrogen (secondary N) is 1. The van der Waals surface area contributed by atoms with Crippen LogP contribution in [-0.2, 0) is 9.59 Å². The molecule has 5 heteroatoms. The molecule has 1 N–H and O–H groups in total. The summed E-state index contributed by atoms with van der Waals surface area (Å²) in [7, 11) is 1.56. The Hall–Kier alpha value is -2.43. The third-order valence-corrected chi connectivity index (χ3v) is 5.09. The van der Waals surface area contributed by atoms with Crippen molar-refractivity contribution < 1.29 is 14.4 Å². The molecule has 0 radical (unpaired) electrons. The van der Waals surface area contributed by atoms with Gasteiger partial charge in [0.15, 0.2) is 0 Å². The molecule has 0 unspecified atom stereocenters. The number of carbonyl (C=O) groups excluding carboxylic acids is 3. The van der Waals surface area contributed by atoms with Crippen LogP contribution in [0.2, 0.25) is 0 Å². The second kappa shape index (κ2) is 4.53. The van der Waals surface area contributed by atoms with Crippen LogP contribution >= 0.6 is 0 Å². The fraction of sp³-hybridized carbons (Fsp3) is 0.353. The summed E-state index contributed by atoms with van der Waals surface area (Å²) in [6.07, 6.45) is 5.08. The number of imide groups is 1. The molecular weight excluding hydrogens is 280 g/mol. The summed E-state index contributed by atoms with van der Waals surface area (Å²) in [5, 5.41) is 2.55. The van der Waals surface area contributed by atoms with Crippen LogP contribution in [0.25, 0.3) is 0 Å². The average Bonchev–Trinajstić information content (AvgIpc) is 3.21. The van der Waals surface area contributed by atoms with Crippen LogP contribution in [0.5, 0.6) is 0 Å². The van der Waals surface area contributed by atoms with E-state index >= 15 is 0 Å². The second-order valence-electron chi connectivity index (χ2n) is 6.14. The van der Waals surface area contributed by atoms with Crippen LogP contribution in [0.4, 0.5) is 5.69 Å². The summed E-state index contributed by atoms with van der Waals surface area (Å²) in [6, 6.07) is 6.60. The Morgan fingerprint density at radius 1 is 1.05 bits per heavy atom. The van der Waals surface area contributed by atoms with Gasteiger partial charge in [-0.15, -0.1) is 0 Å². The number of fused-ring (bicyclic) bond motifs is 5. The average molecular weight is 296 g/mol. The highest BCUT2D eigenvalue weighted by atomic mass is 16.2. The van der Waals surface area contributed by atoms with Gasteiger partial charge in [-0.3, -0.25) is 19.3 Å². The Kier molecular flexibility index (Phi) is 2.73. The van der Waals surface area contributed by atoms with Crippen molar-refractivity contribution >= 4 is 23.4 Å². The molecule has 3 amide bonds. The lowest BCUT2D eigenvalue weighted by atomic mass is 9.85. The van der Waals surface area contributed by atoms with Gasteiger partial charge in [0, 0.05) is 12.6 Å². The van der Waals surface area contributed by atoms with Gasteiger partial charge in [-0.2, -0.15) is 0 Å². The predicted octanol–water partition coefficient (Wildman–Crippen LogP) is 1.36. The molecule has 1 aromatic carbocycles. The van der Waals surface area contributed by atoms with Crippen LogP contribution in [0.3, 0.4) is 0 Å². The zero-order valence-electron chi connectivity index (χ0n) is 12.2. The Balaban J connectivity index is 1.65. The molecule has 1 aliphatic heterocycles. The number of anilines is 1. The Bertz CT molecular complexity index is 677. The Morgan fingerprint density at radius 3 is 2.09 bits per heavy atom. The van der Waals surface area contributed by atoms with E-state index in [1.807, 2.05) is 0 Å². The fourth-order valence-corrected chi connectivity index (χ4v) is 4.06. The molecular formula is C17H16N2O3. The minimum absolute atomic E-state index is 0.0976. The van der Waals surface area contributed by atoms with E-state index in [2.05, 4.69) is 17.5 Å². The normalized spacial score (nSPS) is 31.8. The van der Waals surface area contributed by atoms with Crippen molar-refractivity contribution in [2.45, 2.75) is 6.42 Å². The molecule has 0 spiro atoms. The Labute approximate surface area is 128 Å². The quantitative estimate of drug-likeness (QED) is 0.662. The molecule has 1 heterocycles. The van der Waals surface area contributed by atoms with Gasteiger partial charge in [-0.25, -0.2) is 0 Å². The minimum Gasteiger partial charge on any atom is -0.355 e. The number of hydrogen-bond donors (Lipinski definition) is 1. The van der Waals surface area contributed by atoms with Crippen LogP contribution in [0.1, 0.15) is 16.8 Å². The van der Waals surface area contributed by atoms with Gasteiger partial charge >= 0.3 is 0 Å². The van der Waals surface area contributed by atoms with E-state index in [0.29, 0.717) is 11.3 Å². The summed E-state index contributed by atoms with van der Waals surface area (Å²) in [6.45, 7) is 0. The van der Waals surface area contributed by atoms with E-state index in [-0.39, 0.29) is 41.4 Å². The van der Waals surface area contributed by atoms with Crippen LogP contribution in [-0.4, -0.2) is 24.8 Å². The summed E-state index contributed by atoms with van der Waals surface area (Å²) in [5.41, 5.74) is 1.06. The topological polar surface area (TPSA) is 66.5 Å². The molecule has 5 nitrogen and oxygen atoms in total. The smallest absolute Gasteiger partial charge is 0.251 e. The van der Waals surface area contributed by atoms with Gasteiger partial charge in [0.05, 0.1) is 17.5 Å². The first kappa shape index (κ1) is 13.2. The van der Waals surface area contributed by atoms with Gasteiger partial charge in [0.2, 0.25) is 11.8 Å². The number of benzene rings is 1. The molecule has 4 rings (SSSR count). The summed E-state index contributed by atoms with van der Waals surface area (Å²) in [5.74, 6) is -0.353. The standard InChI is InChI=1S/C17H16N2O3/c1-18-15(20)9-4-6-12(7-5-9)19-16(21)13-10-2-3-11(8-10)14(13)17(19)22/h2-7,10-11,13-14H,8H2,1H3,(H,18,20)/t10-,11-,13-,14+/m0/s1. The maximum atomic E-state index is 12.7. The van der Waals surface area contributed by atoms with E-state index in [1.165, 1.54) is 4.90 Å². The highest BCUT2D eigenvalue weighted by Gasteiger charge is 2.59. The highest BCUT2D eigenvalue weighted by molar-refractivity contribution is 6.22. The highest BCUT2D eigenvalue weighted by Crippen LogP contribution is 2.53. The lowest BCUT2D eigenvalue weighted by Gasteiger charge is -2.17. The number of carbonyl (C=O) groups is 3. The third-order valence-electron chi connectivity index (χ3n) is 5.09. The third kappa shape index (κ3) is 1.62. The molecule has 2 bridgehead atoms. The number of amides is 3. The first-order valence-electron chi connectivity index (χ1n) is 7.50. The van der Waals surface area contributed by atoms with Gasteiger partial charge in [-0.1, -0.05) is 12.2 Å². The van der Waals surface area contributed by atoms with Crippen molar-refractivity contribution in [3.05, 3.63) is 42.0 Å². The second-order valence-corrected chi connectivity index (χ2v) is 6.14. The monoisotopic (exact) mass is 296 g/mol. The van der Waals surface area contributed by atoms with Crippen molar-refractivity contribution in [2.75, 3.05) is 11.9 Å². The molecule has 22 heavy (non-hydrogen) atoms. The van der Waals surface area contributed by atoms with Crippen molar-refractivity contribution in [3.63, 3.8) is 0 Å². The molecule has 4 atom stereocenters. The van der Waals surface area contributed by atoms with Crippen molar-refractivity contribution in [3.8, 4) is 0 Å². The zero-order chi connectivity index (χ0) is 15.4. The lowest BCUT2D eigenvalue weighted by Crippen LogP contribution is -2.32. The van der Waals surface area contributed by atoms with Crippen molar-refractivity contribution in [2.24, 2.45) is 23.7 Å². The molecule has 3 aliphatic rings. The molecule has 2 fully saturated rings. The molecule has 1 saturated carbocycles. The molecule has 1 aromatic rings. The van der Waals surface area contributed by atoms with Crippen LogP contribution in [0, 0.1) is 23.7 Å². The largest absolute Gasteiger partial charge is 0.355 e. The first-order chi connectivity index (χ1) is 10.6. The number of rotatable bonds is 2. The first-order valence-corrected chi connectivity index (χ1v) is 7.50. The van der Waals surface area contributed by atoms with E-state index < -0.39 is 0 Å². The zero-order valence-corrected chi connectivity index (χ0v) is 12.2. The maximum Gasteiger partial charge on any atom is 0.251 e. The molecule has 1 saturated heterocycles. The predicted molar refractivity (Wildman–Crippen MR) is 80.0 cm³/mol. The van der Waals surface area contributed by atoms with Gasteiger partial charge in [0.25, 0.3) is 5.91 Å². The van der Waals surface area contributed by atoms with E-state index in [4.69, 9.17) is 0 Å². The van der Waals surface area contributed by atoms with E-state index in [9.17, 15) is 14.4 Å². The molecule has 2 aliphatic carbocycles.